The molecule has 8 atom stereocenters. The van der Waals surface area contributed by atoms with Crippen LogP contribution in [0.5, 0.6) is 0 Å². The number of ether oxygens (including phenoxy) is 1. The maximum Gasteiger partial charge on any atom is 0.245 e. The zero-order valence-corrected chi connectivity index (χ0v) is 34.8. The molecule has 0 aliphatic carbocycles. The molecule has 0 bridgehead atoms. The van der Waals surface area contributed by atoms with E-state index in [0.717, 1.165) is 29.8 Å². The van der Waals surface area contributed by atoms with E-state index in [1.807, 2.05) is 94.2 Å². The van der Waals surface area contributed by atoms with E-state index >= 15 is 0 Å². The van der Waals surface area contributed by atoms with Gasteiger partial charge in [0.25, 0.3) is 0 Å². The molecule has 1 fully saturated rings. The number of hydrogen-bond acceptors (Lipinski definition) is 8. The van der Waals surface area contributed by atoms with Gasteiger partial charge in [-0.1, -0.05) is 85.2 Å². The predicted octanol–water partition coefficient (Wildman–Crippen LogP) is 5.57. The number of nitrogens with zero attached hydrogens (tertiary/aromatic N) is 4. The van der Waals surface area contributed by atoms with E-state index in [-0.39, 0.29) is 72.0 Å². The van der Waals surface area contributed by atoms with E-state index in [1.54, 1.807) is 25.3 Å². The van der Waals surface area contributed by atoms with E-state index in [9.17, 15) is 19.2 Å². The zero-order valence-electron chi connectivity index (χ0n) is 34.0. The van der Waals surface area contributed by atoms with E-state index < -0.39 is 18.1 Å². The summed E-state index contributed by atoms with van der Waals surface area (Å²) in [6, 6.07) is 8.29. The molecule has 0 spiro atoms. The first-order chi connectivity index (χ1) is 25.1. The summed E-state index contributed by atoms with van der Waals surface area (Å²) < 4.78 is 6.01. The standard InChI is InChI=1S/C41H66N6O5S/c1-12-28(6)32(46(10)41(51)35(26(2)3)44-39(50)36(27(4)5)45(8)9)20-21-34(48)47-23-16-19-33(47)37(52-11)29(7)38(49)43-31(40-42-22-24-53-40)25-30-17-14-13-15-18-30/h13-15,17-18,22,24,26-29,31-33,35-37H,12,16,19-21,23,25H2,1-11H3,(H,43,49)(H,44,50)/t28-,29+,31-,32+,33-,35-,36-,37+/m0/s1. The van der Waals surface area contributed by atoms with Gasteiger partial charge in [0.15, 0.2) is 0 Å². The monoisotopic (exact) mass is 754 g/mol. The minimum Gasteiger partial charge on any atom is -0.378 e. The Morgan fingerprint density at radius 1 is 0.981 bits per heavy atom. The lowest BCUT2D eigenvalue weighted by Gasteiger charge is -2.38. The molecule has 296 valence electrons. The van der Waals surface area contributed by atoms with E-state index in [0.29, 0.717) is 19.4 Å². The molecule has 1 aliphatic heterocycles. The molecule has 1 aromatic heterocycles. The molecular weight excluding hydrogens is 689 g/mol. The molecular formula is C41H66N6O5S. The van der Waals surface area contributed by atoms with Crippen LogP contribution in [0.2, 0.25) is 0 Å². The van der Waals surface area contributed by atoms with Gasteiger partial charge in [0, 0.05) is 44.7 Å². The van der Waals surface area contributed by atoms with Crippen molar-refractivity contribution in [2.45, 2.75) is 123 Å². The van der Waals surface area contributed by atoms with Gasteiger partial charge >= 0.3 is 0 Å². The zero-order chi connectivity index (χ0) is 39.4. The van der Waals surface area contributed by atoms with Gasteiger partial charge in [0.1, 0.15) is 11.0 Å². The summed E-state index contributed by atoms with van der Waals surface area (Å²) in [5.41, 5.74) is 1.10. The maximum atomic E-state index is 14.1. The molecule has 2 heterocycles. The van der Waals surface area contributed by atoms with Crippen molar-refractivity contribution in [3.63, 3.8) is 0 Å². The molecule has 1 aliphatic rings. The third-order valence-corrected chi connectivity index (χ3v) is 11.9. The van der Waals surface area contributed by atoms with Crippen LogP contribution in [0.1, 0.15) is 97.2 Å². The lowest BCUT2D eigenvalue weighted by atomic mass is 9.91. The van der Waals surface area contributed by atoms with Crippen LogP contribution in [0.4, 0.5) is 0 Å². The number of benzene rings is 1. The number of aromatic nitrogens is 1. The van der Waals surface area contributed by atoms with Gasteiger partial charge in [0.2, 0.25) is 23.6 Å². The molecule has 0 unspecified atom stereocenters. The van der Waals surface area contributed by atoms with Crippen molar-refractivity contribution in [2.75, 3.05) is 34.8 Å². The summed E-state index contributed by atoms with van der Waals surface area (Å²) in [4.78, 5) is 65.3. The van der Waals surface area contributed by atoms with Crippen LogP contribution in [0.3, 0.4) is 0 Å². The number of rotatable bonds is 20. The van der Waals surface area contributed by atoms with Crippen LogP contribution in [0, 0.1) is 23.7 Å². The van der Waals surface area contributed by atoms with Crippen molar-refractivity contribution in [1.29, 1.82) is 0 Å². The number of carbonyl (C=O) groups is 4. The maximum absolute atomic E-state index is 14.1. The average Bonchev–Trinajstić information content (AvgIpc) is 3.84. The highest BCUT2D eigenvalue weighted by atomic mass is 32.1. The van der Waals surface area contributed by atoms with Gasteiger partial charge in [-0.2, -0.15) is 0 Å². The van der Waals surface area contributed by atoms with Crippen LogP contribution >= 0.6 is 11.3 Å². The minimum atomic E-state index is -0.683. The van der Waals surface area contributed by atoms with Crippen LogP contribution in [-0.2, 0) is 30.3 Å². The summed E-state index contributed by atoms with van der Waals surface area (Å²) in [7, 11) is 7.16. The third kappa shape index (κ3) is 11.8. The number of nitrogens with one attached hydrogen (secondary N) is 2. The molecule has 0 saturated carbocycles. The van der Waals surface area contributed by atoms with Gasteiger partial charge in [-0.25, -0.2) is 4.98 Å². The van der Waals surface area contributed by atoms with Crippen molar-refractivity contribution in [1.82, 2.24) is 30.3 Å². The number of likely N-dealkylation sites (tertiary alicyclic amines) is 1. The molecule has 53 heavy (non-hydrogen) atoms. The summed E-state index contributed by atoms with van der Waals surface area (Å²) in [5.74, 6) is -0.860. The SMILES string of the molecule is CC[C@H](C)[C@@H](CCC(=O)N1CCC[C@H]1[C@H](OC)[C@@H](C)C(=O)N[C@@H](Cc1ccccc1)c1nccs1)N(C)C(=O)[C@@H](NC(=O)[C@H](C(C)C)N(C)C)C(C)C. The molecule has 4 amide bonds. The smallest absolute Gasteiger partial charge is 0.245 e. The quantitative estimate of drug-likeness (QED) is 0.181. The first kappa shape index (κ1) is 44.0. The summed E-state index contributed by atoms with van der Waals surface area (Å²) in [6.45, 7) is 14.6. The second kappa shape index (κ2) is 20.9. The van der Waals surface area contributed by atoms with Gasteiger partial charge in [-0.3, -0.25) is 24.1 Å². The predicted molar refractivity (Wildman–Crippen MR) is 212 cm³/mol. The van der Waals surface area contributed by atoms with Crippen LogP contribution in [-0.4, -0.2) is 108 Å². The second-order valence-electron chi connectivity index (χ2n) is 15.7. The molecule has 12 heteroatoms. The Kier molecular flexibility index (Phi) is 17.4. The lowest BCUT2D eigenvalue weighted by Crippen LogP contribution is -2.57. The fourth-order valence-corrected chi connectivity index (χ4v) is 8.55. The topological polar surface area (TPSA) is 124 Å². The Bertz CT molecular complexity index is 1430. The number of carbonyl (C=O) groups excluding carboxylic acids is 4. The van der Waals surface area contributed by atoms with Crippen LogP contribution in [0.25, 0.3) is 0 Å². The highest BCUT2D eigenvalue weighted by molar-refractivity contribution is 7.09. The van der Waals surface area contributed by atoms with Crippen LogP contribution < -0.4 is 10.6 Å². The number of methoxy groups -OCH3 is 1. The Hall–Kier alpha value is -3.35. The number of thiazole rings is 1. The Morgan fingerprint density at radius 3 is 2.21 bits per heavy atom. The van der Waals surface area contributed by atoms with E-state index in [2.05, 4.69) is 29.5 Å². The second-order valence-corrected chi connectivity index (χ2v) is 16.7. The average molecular weight is 755 g/mol. The van der Waals surface area contributed by atoms with Crippen molar-refractivity contribution >= 4 is 35.0 Å². The molecule has 2 aromatic rings. The van der Waals surface area contributed by atoms with Gasteiger partial charge in [-0.15, -0.1) is 11.3 Å². The molecule has 1 saturated heterocycles. The largest absolute Gasteiger partial charge is 0.378 e. The fourth-order valence-electron chi connectivity index (χ4n) is 7.86. The Labute approximate surface area is 322 Å². The van der Waals surface area contributed by atoms with Gasteiger partial charge in [-0.05, 0) is 63.1 Å². The number of hydrogen-bond donors (Lipinski definition) is 2. The van der Waals surface area contributed by atoms with Crippen molar-refractivity contribution < 1.29 is 23.9 Å². The molecule has 2 N–H and O–H groups in total. The summed E-state index contributed by atoms with van der Waals surface area (Å²) >= 11 is 1.52. The van der Waals surface area contributed by atoms with E-state index in [1.165, 1.54) is 11.3 Å². The molecule has 1 aromatic carbocycles. The van der Waals surface area contributed by atoms with Crippen molar-refractivity contribution in [3.05, 3.63) is 52.5 Å². The first-order valence-electron chi connectivity index (χ1n) is 19.4. The highest BCUT2D eigenvalue weighted by Gasteiger charge is 2.41. The Balaban J connectivity index is 1.71. The van der Waals surface area contributed by atoms with Crippen LogP contribution in [0.15, 0.2) is 41.9 Å². The highest BCUT2D eigenvalue weighted by Crippen LogP contribution is 2.30. The fraction of sp³-hybridized carbons (Fsp3) is 0.683. The molecule has 0 radical (unpaired) electrons. The summed E-state index contributed by atoms with van der Waals surface area (Å²) in [5, 5.41) is 9.06. The van der Waals surface area contributed by atoms with Gasteiger partial charge < -0.3 is 25.2 Å². The van der Waals surface area contributed by atoms with Crippen molar-refractivity contribution in [2.24, 2.45) is 23.7 Å². The molecule has 11 nitrogen and oxygen atoms in total. The number of amides is 4. The van der Waals surface area contributed by atoms with Gasteiger partial charge in [0.05, 0.1) is 30.1 Å². The van der Waals surface area contributed by atoms with E-state index in [4.69, 9.17) is 4.74 Å². The number of likely N-dealkylation sites (N-methyl/N-ethyl adjacent to an activating group) is 2. The lowest BCUT2D eigenvalue weighted by molar-refractivity contribution is -0.142. The molecule has 3 rings (SSSR count). The third-order valence-electron chi connectivity index (χ3n) is 11.0. The first-order valence-corrected chi connectivity index (χ1v) is 20.3. The Morgan fingerprint density at radius 2 is 1.66 bits per heavy atom. The van der Waals surface area contributed by atoms with Crippen molar-refractivity contribution in [3.8, 4) is 0 Å². The normalized spacial score (nSPS) is 18.7. The minimum absolute atomic E-state index is 0.000482. The summed E-state index contributed by atoms with van der Waals surface area (Å²) in [6.07, 6.45) is 5.04.